The molecule has 2 rings (SSSR count). The summed E-state index contributed by atoms with van der Waals surface area (Å²) in [6.07, 6.45) is 3.94. The molecule has 0 aromatic heterocycles. The number of hydrogen-bond donors (Lipinski definition) is 0. The first kappa shape index (κ1) is 10.7. The summed E-state index contributed by atoms with van der Waals surface area (Å²) in [7, 11) is 2.41. The lowest BCUT2D eigenvalue weighted by atomic mass is 9.98. The zero-order valence-corrected chi connectivity index (χ0v) is 10.00. The van der Waals surface area contributed by atoms with Crippen LogP contribution in [-0.2, 0) is 13.0 Å². The van der Waals surface area contributed by atoms with E-state index >= 15 is 0 Å². The fraction of sp³-hybridized carbons (Fsp3) is 0.571. The maximum absolute atomic E-state index is 2.41. The van der Waals surface area contributed by atoms with E-state index in [1.807, 2.05) is 0 Å². The third-order valence-corrected chi connectivity index (χ3v) is 3.64. The molecule has 0 saturated carbocycles. The Kier molecular flexibility index (Phi) is 3.11. The molecule has 1 aliphatic rings. The molecule has 1 aliphatic heterocycles. The van der Waals surface area contributed by atoms with E-state index in [-0.39, 0.29) is 0 Å². The predicted molar refractivity (Wildman–Crippen MR) is 64.7 cm³/mol. The first-order chi connectivity index (χ1) is 7.23. The molecular weight excluding hydrogens is 182 g/mol. The standard InChI is InChI=1S/C14H22N/c1-3-4-10-15(2)11-9-13-7-5-6-8-14(13)12-15/h5-8H,3-4,9-12H2,1-2H3/q+1. The van der Waals surface area contributed by atoms with Gasteiger partial charge in [-0.2, -0.15) is 0 Å². The maximum Gasteiger partial charge on any atom is 0.104 e. The number of fused-ring (bicyclic) bond motifs is 1. The van der Waals surface area contributed by atoms with Crippen LogP contribution in [-0.4, -0.2) is 24.6 Å². The van der Waals surface area contributed by atoms with Crippen LogP contribution in [0.1, 0.15) is 30.9 Å². The van der Waals surface area contributed by atoms with E-state index in [4.69, 9.17) is 0 Å². The Hall–Kier alpha value is -0.820. The van der Waals surface area contributed by atoms with E-state index in [9.17, 15) is 0 Å². The van der Waals surface area contributed by atoms with Gasteiger partial charge in [0.05, 0.1) is 20.1 Å². The molecule has 0 N–H and O–H groups in total. The molecule has 0 fully saturated rings. The first-order valence-corrected chi connectivity index (χ1v) is 6.14. The van der Waals surface area contributed by atoms with Crippen molar-refractivity contribution >= 4 is 0 Å². The Morgan fingerprint density at radius 3 is 2.67 bits per heavy atom. The zero-order valence-electron chi connectivity index (χ0n) is 10.00. The van der Waals surface area contributed by atoms with Crippen molar-refractivity contribution in [1.82, 2.24) is 0 Å². The van der Waals surface area contributed by atoms with E-state index in [0.717, 1.165) is 0 Å². The second-order valence-corrected chi connectivity index (χ2v) is 5.10. The lowest BCUT2D eigenvalue weighted by molar-refractivity contribution is -0.924. The number of quaternary nitrogens is 1. The van der Waals surface area contributed by atoms with Gasteiger partial charge < -0.3 is 4.48 Å². The summed E-state index contributed by atoms with van der Waals surface area (Å²) in [5.74, 6) is 0. The van der Waals surface area contributed by atoms with E-state index < -0.39 is 0 Å². The minimum atomic E-state index is 1.23. The molecule has 0 radical (unpaired) electrons. The third kappa shape index (κ3) is 2.40. The van der Waals surface area contributed by atoms with Crippen LogP contribution in [0.25, 0.3) is 0 Å². The topological polar surface area (TPSA) is 0 Å². The number of hydrogen-bond acceptors (Lipinski definition) is 0. The van der Waals surface area contributed by atoms with Gasteiger partial charge in [-0.05, 0) is 12.0 Å². The second kappa shape index (κ2) is 4.36. The van der Waals surface area contributed by atoms with E-state index in [2.05, 4.69) is 38.2 Å². The molecule has 15 heavy (non-hydrogen) atoms. The second-order valence-electron chi connectivity index (χ2n) is 5.10. The Labute approximate surface area is 93.3 Å². The van der Waals surface area contributed by atoms with Crippen molar-refractivity contribution in [2.75, 3.05) is 20.1 Å². The van der Waals surface area contributed by atoms with Gasteiger partial charge in [0.25, 0.3) is 0 Å². The molecule has 1 nitrogen and oxygen atoms in total. The maximum atomic E-state index is 2.41. The van der Waals surface area contributed by atoms with Crippen molar-refractivity contribution < 1.29 is 4.48 Å². The quantitative estimate of drug-likeness (QED) is 0.664. The summed E-state index contributed by atoms with van der Waals surface area (Å²) >= 11 is 0. The van der Waals surface area contributed by atoms with Crippen molar-refractivity contribution in [3.8, 4) is 0 Å². The molecule has 0 amide bonds. The zero-order chi connectivity index (χ0) is 10.7. The highest BCUT2D eigenvalue weighted by Crippen LogP contribution is 2.23. The molecule has 0 bridgehead atoms. The fourth-order valence-corrected chi connectivity index (χ4v) is 2.57. The minimum Gasteiger partial charge on any atom is -0.322 e. The van der Waals surface area contributed by atoms with Crippen LogP contribution in [0.4, 0.5) is 0 Å². The van der Waals surface area contributed by atoms with Gasteiger partial charge in [-0.1, -0.05) is 37.6 Å². The normalized spacial score (nSPS) is 24.9. The Bertz CT molecular complexity index is 332. The van der Waals surface area contributed by atoms with Crippen molar-refractivity contribution in [2.24, 2.45) is 0 Å². The van der Waals surface area contributed by atoms with Crippen molar-refractivity contribution in [1.29, 1.82) is 0 Å². The van der Waals surface area contributed by atoms with E-state index in [0.29, 0.717) is 0 Å². The average Bonchev–Trinajstić information content (AvgIpc) is 2.26. The summed E-state index contributed by atoms with van der Waals surface area (Å²) in [4.78, 5) is 0. The highest BCUT2D eigenvalue weighted by atomic mass is 15.3. The molecule has 1 heterocycles. The van der Waals surface area contributed by atoms with Gasteiger partial charge >= 0.3 is 0 Å². The molecule has 1 heteroatoms. The summed E-state index contributed by atoms with van der Waals surface area (Å²) in [5.41, 5.74) is 3.15. The van der Waals surface area contributed by atoms with Gasteiger partial charge in [-0.15, -0.1) is 0 Å². The lowest BCUT2D eigenvalue weighted by Gasteiger charge is -2.38. The fourth-order valence-electron chi connectivity index (χ4n) is 2.57. The summed E-state index contributed by atoms with van der Waals surface area (Å²) in [6.45, 7) is 6.17. The molecular formula is C14H22N+. The van der Waals surface area contributed by atoms with Crippen molar-refractivity contribution in [2.45, 2.75) is 32.7 Å². The number of benzene rings is 1. The van der Waals surface area contributed by atoms with Gasteiger partial charge in [0.2, 0.25) is 0 Å². The van der Waals surface area contributed by atoms with Crippen LogP contribution >= 0.6 is 0 Å². The van der Waals surface area contributed by atoms with Gasteiger partial charge in [-0.3, -0.25) is 0 Å². The molecule has 1 unspecified atom stereocenters. The largest absolute Gasteiger partial charge is 0.322 e. The van der Waals surface area contributed by atoms with Gasteiger partial charge in [-0.25, -0.2) is 0 Å². The Balaban J connectivity index is 2.10. The summed E-state index contributed by atoms with van der Waals surface area (Å²) in [6, 6.07) is 8.93. The number of nitrogens with zero attached hydrogens (tertiary/aromatic N) is 1. The van der Waals surface area contributed by atoms with Gasteiger partial charge in [0.15, 0.2) is 0 Å². The Morgan fingerprint density at radius 1 is 1.20 bits per heavy atom. The van der Waals surface area contributed by atoms with Crippen LogP contribution in [0.2, 0.25) is 0 Å². The van der Waals surface area contributed by atoms with Crippen LogP contribution in [0.15, 0.2) is 24.3 Å². The van der Waals surface area contributed by atoms with Gasteiger partial charge in [0.1, 0.15) is 6.54 Å². The number of likely N-dealkylation sites (N-methyl/N-ethyl adjacent to an activating group) is 1. The highest BCUT2D eigenvalue weighted by molar-refractivity contribution is 5.27. The number of rotatable bonds is 3. The minimum absolute atomic E-state index is 1.23. The predicted octanol–water partition coefficient (Wildman–Crippen LogP) is 2.99. The first-order valence-electron chi connectivity index (χ1n) is 6.14. The van der Waals surface area contributed by atoms with Crippen LogP contribution in [0.5, 0.6) is 0 Å². The van der Waals surface area contributed by atoms with Crippen LogP contribution in [0.3, 0.4) is 0 Å². The lowest BCUT2D eigenvalue weighted by Crippen LogP contribution is -2.48. The van der Waals surface area contributed by atoms with E-state index in [1.54, 1.807) is 11.1 Å². The van der Waals surface area contributed by atoms with Gasteiger partial charge in [0, 0.05) is 12.0 Å². The number of unbranched alkanes of at least 4 members (excludes halogenated alkanes) is 1. The average molecular weight is 204 g/mol. The third-order valence-electron chi connectivity index (χ3n) is 3.64. The molecule has 0 spiro atoms. The summed E-state index contributed by atoms with van der Waals surface area (Å²) in [5, 5.41) is 0. The van der Waals surface area contributed by atoms with Crippen LogP contribution in [0, 0.1) is 0 Å². The molecule has 0 saturated heterocycles. The smallest absolute Gasteiger partial charge is 0.104 e. The molecule has 1 aromatic rings. The molecule has 1 atom stereocenters. The van der Waals surface area contributed by atoms with Crippen LogP contribution < -0.4 is 0 Å². The van der Waals surface area contributed by atoms with Crippen molar-refractivity contribution in [3.63, 3.8) is 0 Å². The molecule has 82 valence electrons. The summed E-state index contributed by atoms with van der Waals surface area (Å²) < 4.78 is 1.24. The monoisotopic (exact) mass is 204 g/mol. The SMILES string of the molecule is CCCC[N+]1(C)CCc2ccccc2C1. The Morgan fingerprint density at radius 2 is 1.93 bits per heavy atom. The molecule has 1 aromatic carbocycles. The van der Waals surface area contributed by atoms with Crippen molar-refractivity contribution in [3.05, 3.63) is 35.4 Å². The highest BCUT2D eigenvalue weighted by Gasteiger charge is 2.27. The van der Waals surface area contributed by atoms with E-state index in [1.165, 1.54) is 43.4 Å². The molecule has 0 aliphatic carbocycles.